The summed E-state index contributed by atoms with van der Waals surface area (Å²) in [6.07, 6.45) is 0. The number of nitrogens with zero attached hydrogens (tertiary/aromatic N) is 1. The first-order valence-corrected chi connectivity index (χ1v) is 8.89. The van der Waals surface area contributed by atoms with Crippen LogP contribution in [-0.4, -0.2) is 21.9 Å². The van der Waals surface area contributed by atoms with Crippen molar-refractivity contribution >= 4 is 35.0 Å². The summed E-state index contributed by atoms with van der Waals surface area (Å²) in [4.78, 5) is 13.4. The Morgan fingerprint density at radius 1 is 1.29 bits per heavy atom. The summed E-state index contributed by atoms with van der Waals surface area (Å²) < 4.78 is 0. The standard InChI is InChI=1S/C18H18ClNO3S/c1-11-3-5-13(6-4-11)20-16(22)10-24-18(20,2)14-7-12(9-21)8-15(19)17(14)23/h3-8,21,23H,9-10H2,1-2H3. The first-order valence-electron chi connectivity index (χ1n) is 7.53. The van der Waals surface area contributed by atoms with E-state index in [0.29, 0.717) is 16.9 Å². The van der Waals surface area contributed by atoms with Crippen LogP contribution in [0.2, 0.25) is 5.02 Å². The van der Waals surface area contributed by atoms with E-state index in [1.165, 1.54) is 17.8 Å². The summed E-state index contributed by atoms with van der Waals surface area (Å²) in [5.74, 6) is 0.220. The molecule has 126 valence electrons. The number of halogens is 1. The largest absolute Gasteiger partial charge is 0.506 e. The van der Waals surface area contributed by atoms with Gasteiger partial charge in [0.25, 0.3) is 0 Å². The van der Waals surface area contributed by atoms with Gasteiger partial charge in [-0.25, -0.2) is 0 Å². The van der Waals surface area contributed by atoms with E-state index in [1.807, 2.05) is 38.1 Å². The Morgan fingerprint density at radius 2 is 1.96 bits per heavy atom. The quantitative estimate of drug-likeness (QED) is 0.870. The van der Waals surface area contributed by atoms with Gasteiger partial charge in [-0.2, -0.15) is 0 Å². The Bertz CT molecular complexity index is 794. The van der Waals surface area contributed by atoms with E-state index < -0.39 is 4.87 Å². The number of anilines is 1. The molecule has 1 atom stereocenters. The summed E-state index contributed by atoms with van der Waals surface area (Å²) in [5.41, 5.74) is 2.99. The maximum Gasteiger partial charge on any atom is 0.238 e. The van der Waals surface area contributed by atoms with E-state index in [4.69, 9.17) is 11.6 Å². The minimum absolute atomic E-state index is 0.0312. The minimum atomic E-state index is -0.800. The van der Waals surface area contributed by atoms with E-state index in [1.54, 1.807) is 11.0 Å². The number of carbonyl (C=O) groups is 1. The minimum Gasteiger partial charge on any atom is -0.506 e. The number of phenolic OH excluding ortho intramolecular Hbond substituents is 1. The van der Waals surface area contributed by atoms with Crippen LogP contribution in [0.5, 0.6) is 5.75 Å². The van der Waals surface area contributed by atoms with Crippen LogP contribution in [0.15, 0.2) is 36.4 Å². The number of hydrogen-bond donors (Lipinski definition) is 2. The molecule has 0 saturated carbocycles. The number of aryl methyl sites for hydroxylation is 1. The third kappa shape index (κ3) is 2.77. The summed E-state index contributed by atoms with van der Waals surface area (Å²) in [6.45, 7) is 3.68. The van der Waals surface area contributed by atoms with E-state index in [2.05, 4.69) is 0 Å². The van der Waals surface area contributed by atoms with Crippen molar-refractivity contribution in [3.63, 3.8) is 0 Å². The highest BCUT2D eigenvalue weighted by Crippen LogP contribution is 2.51. The zero-order valence-electron chi connectivity index (χ0n) is 13.4. The third-order valence-corrected chi connectivity index (χ3v) is 5.89. The molecule has 1 fully saturated rings. The van der Waals surface area contributed by atoms with Gasteiger partial charge in [-0.1, -0.05) is 29.3 Å². The zero-order valence-corrected chi connectivity index (χ0v) is 15.0. The Morgan fingerprint density at radius 3 is 2.58 bits per heavy atom. The lowest BCUT2D eigenvalue weighted by Gasteiger charge is -2.35. The molecule has 1 amide bonds. The second-order valence-electron chi connectivity index (χ2n) is 5.97. The number of aromatic hydroxyl groups is 1. The normalized spacial score (nSPS) is 20.7. The molecular formula is C18H18ClNO3S. The lowest BCUT2D eigenvalue weighted by atomic mass is 10.0. The zero-order chi connectivity index (χ0) is 17.5. The van der Waals surface area contributed by atoms with E-state index in [9.17, 15) is 15.0 Å². The van der Waals surface area contributed by atoms with Gasteiger partial charge in [-0.15, -0.1) is 11.8 Å². The molecule has 6 heteroatoms. The summed E-state index contributed by atoms with van der Waals surface area (Å²) in [6, 6.07) is 10.9. The Hall–Kier alpha value is -1.69. The van der Waals surface area contributed by atoms with Gasteiger partial charge in [-0.3, -0.25) is 9.69 Å². The highest BCUT2D eigenvalue weighted by Gasteiger charge is 2.46. The number of thioether (sulfide) groups is 1. The highest BCUT2D eigenvalue weighted by atomic mass is 35.5. The molecule has 1 heterocycles. The molecule has 0 aromatic heterocycles. The molecule has 1 aliphatic rings. The van der Waals surface area contributed by atoms with Gasteiger partial charge in [0, 0.05) is 11.3 Å². The fourth-order valence-corrected chi connectivity index (χ4v) is 4.37. The lowest BCUT2D eigenvalue weighted by Crippen LogP contribution is -2.40. The number of aliphatic hydroxyl groups excluding tert-OH is 1. The topological polar surface area (TPSA) is 60.8 Å². The molecule has 1 saturated heterocycles. The van der Waals surface area contributed by atoms with E-state index in [0.717, 1.165) is 11.3 Å². The van der Waals surface area contributed by atoms with Gasteiger partial charge in [-0.05, 0) is 43.7 Å². The van der Waals surface area contributed by atoms with E-state index in [-0.39, 0.29) is 23.3 Å². The first-order chi connectivity index (χ1) is 11.4. The Balaban J connectivity index is 2.16. The number of carbonyl (C=O) groups excluding carboxylic acids is 1. The second kappa shape index (κ2) is 6.31. The van der Waals surface area contributed by atoms with Gasteiger partial charge in [0.2, 0.25) is 5.91 Å². The van der Waals surface area contributed by atoms with Crippen molar-refractivity contribution in [2.75, 3.05) is 10.7 Å². The number of hydrogen-bond acceptors (Lipinski definition) is 4. The number of phenols is 1. The van der Waals surface area contributed by atoms with Gasteiger partial charge < -0.3 is 10.2 Å². The predicted molar refractivity (Wildman–Crippen MR) is 97.5 cm³/mol. The molecule has 0 radical (unpaired) electrons. The van der Waals surface area contributed by atoms with Crippen LogP contribution in [0.25, 0.3) is 0 Å². The number of amides is 1. The van der Waals surface area contributed by atoms with Crippen LogP contribution < -0.4 is 4.90 Å². The molecule has 4 nitrogen and oxygen atoms in total. The fraction of sp³-hybridized carbons (Fsp3) is 0.278. The smallest absolute Gasteiger partial charge is 0.238 e. The van der Waals surface area contributed by atoms with Crippen LogP contribution in [0.1, 0.15) is 23.6 Å². The van der Waals surface area contributed by atoms with Crippen LogP contribution in [0.3, 0.4) is 0 Å². The maximum absolute atomic E-state index is 12.5. The summed E-state index contributed by atoms with van der Waals surface area (Å²) >= 11 is 7.55. The molecule has 2 aromatic rings. The Labute approximate surface area is 150 Å². The predicted octanol–water partition coefficient (Wildman–Crippen LogP) is 3.80. The monoisotopic (exact) mass is 363 g/mol. The SMILES string of the molecule is Cc1ccc(N2C(=O)CSC2(C)c2cc(CO)cc(Cl)c2O)cc1. The number of benzene rings is 2. The van der Waals surface area contributed by atoms with Crippen LogP contribution in [0, 0.1) is 6.92 Å². The van der Waals surface area contributed by atoms with Crippen LogP contribution in [-0.2, 0) is 16.3 Å². The van der Waals surface area contributed by atoms with Crippen molar-refractivity contribution in [3.05, 3.63) is 58.1 Å². The van der Waals surface area contributed by atoms with Crippen LogP contribution in [0.4, 0.5) is 5.69 Å². The van der Waals surface area contributed by atoms with Crippen molar-refractivity contribution in [1.29, 1.82) is 0 Å². The summed E-state index contributed by atoms with van der Waals surface area (Å²) in [5, 5.41) is 20.1. The van der Waals surface area contributed by atoms with Crippen molar-refractivity contribution in [3.8, 4) is 5.75 Å². The van der Waals surface area contributed by atoms with Gasteiger partial charge in [0.1, 0.15) is 10.6 Å². The average Bonchev–Trinajstić information content (AvgIpc) is 2.87. The van der Waals surface area contributed by atoms with Crippen molar-refractivity contribution in [2.24, 2.45) is 0 Å². The van der Waals surface area contributed by atoms with Gasteiger partial charge in [0.05, 0.1) is 17.4 Å². The average molecular weight is 364 g/mol. The highest BCUT2D eigenvalue weighted by molar-refractivity contribution is 8.01. The van der Waals surface area contributed by atoms with Crippen molar-refractivity contribution in [1.82, 2.24) is 0 Å². The Kier molecular flexibility index (Phi) is 4.51. The molecule has 1 aliphatic heterocycles. The molecule has 0 spiro atoms. The maximum atomic E-state index is 12.5. The van der Waals surface area contributed by atoms with Gasteiger partial charge >= 0.3 is 0 Å². The number of rotatable bonds is 3. The lowest BCUT2D eigenvalue weighted by molar-refractivity contribution is -0.116. The van der Waals surface area contributed by atoms with Crippen molar-refractivity contribution in [2.45, 2.75) is 25.3 Å². The van der Waals surface area contributed by atoms with Crippen LogP contribution >= 0.6 is 23.4 Å². The molecular weight excluding hydrogens is 346 g/mol. The van der Waals surface area contributed by atoms with Gasteiger partial charge in [0.15, 0.2) is 0 Å². The van der Waals surface area contributed by atoms with Crippen molar-refractivity contribution < 1.29 is 15.0 Å². The first kappa shape index (κ1) is 17.1. The molecule has 2 N–H and O–H groups in total. The van der Waals surface area contributed by atoms with E-state index >= 15 is 0 Å². The molecule has 1 unspecified atom stereocenters. The number of aliphatic hydroxyl groups is 1. The molecule has 0 bridgehead atoms. The molecule has 24 heavy (non-hydrogen) atoms. The summed E-state index contributed by atoms with van der Waals surface area (Å²) in [7, 11) is 0. The molecule has 0 aliphatic carbocycles. The third-order valence-electron chi connectivity index (χ3n) is 4.25. The molecule has 2 aromatic carbocycles. The second-order valence-corrected chi connectivity index (χ2v) is 7.75. The molecule has 3 rings (SSSR count). The fourth-order valence-electron chi connectivity index (χ4n) is 2.95.